The molecule has 1 aromatic rings. The minimum Gasteiger partial charge on any atom is -0.496 e. The molecule has 0 N–H and O–H groups in total. The molecule has 0 aliphatic heterocycles. The van der Waals surface area contributed by atoms with E-state index < -0.39 is 0 Å². The average Bonchev–Trinajstić information content (AvgIpc) is 2.35. The van der Waals surface area contributed by atoms with Gasteiger partial charge < -0.3 is 9.47 Å². The molecule has 94 valence electrons. The second-order valence-electron chi connectivity index (χ2n) is 4.14. The zero-order chi connectivity index (χ0) is 12.8. The van der Waals surface area contributed by atoms with Crippen LogP contribution in [0.2, 0.25) is 0 Å². The molecule has 1 aromatic carbocycles. The Balaban J connectivity index is 2.80. The van der Waals surface area contributed by atoms with Gasteiger partial charge in [0.05, 0.1) is 20.1 Å². The first kappa shape index (κ1) is 13.6. The summed E-state index contributed by atoms with van der Waals surface area (Å²) in [5.41, 5.74) is 2.23. The number of hydrogen-bond acceptors (Lipinski definition) is 3. The van der Waals surface area contributed by atoms with Gasteiger partial charge in [-0.3, -0.25) is 4.79 Å². The van der Waals surface area contributed by atoms with Crippen LogP contribution < -0.4 is 4.74 Å². The fourth-order valence-corrected chi connectivity index (χ4v) is 1.91. The minimum atomic E-state index is -0.138. The lowest BCUT2D eigenvalue weighted by atomic mass is 9.96. The van der Waals surface area contributed by atoms with E-state index >= 15 is 0 Å². The largest absolute Gasteiger partial charge is 0.496 e. The van der Waals surface area contributed by atoms with Crippen LogP contribution >= 0.6 is 0 Å². The van der Waals surface area contributed by atoms with Gasteiger partial charge in [-0.05, 0) is 37.0 Å². The Morgan fingerprint density at radius 3 is 2.53 bits per heavy atom. The first-order valence-corrected chi connectivity index (χ1v) is 5.83. The van der Waals surface area contributed by atoms with Crippen molar-refractivity contribution >= 4 is 5.97 Å². The van der Waals surface area contributed by atoms with Gasteiger partial charge in [-0.2, -0.15) is 0 Å². The summed E-state index contributed by atoms with van der Waals surface area (Å²) in [6, 6.07) is 6.00. The number of benzene rings is 1. The lowest BCUT2D eigenvalue weighted by Gasteiger charge is -2.13. The molecule has 0 fully saturated rings. The molecule has 3 nitrogen and oxygen atoms in total. The van der Waals surface area contributed by atoms with Gasteiger partial charge in [-0.1, -0.05) is 19.1 Å². The SMILES string of the molecule is CCC(Cc1ccc(OC)c(C)c1)C(=O)OC. The number of carbonyl (C=O) groups excluding carboxylic acids is 1. The quantitative estimate of drug-likeness (QED) is 0.737. The summed E-state index contributed by atoms with van der Waals surface area (Å²) in [6.07, 6.45) is 1.51. The van der Waals surface area contributed by atoms with E-state index in [4.69, 9.17) is 9.47 Å². The molecular weight excluding hydrogens is 216 g/mol. The van der Waals surface area contributed by atoms with Crippen molar-refractivity contribution < 1.29 is 14.3 Å². The third kappa shape index (κ3) is 3.48. The van der Waals surface area contributed by atoms with Crippen molar-refractivity contribution in [3.8, 4) is 5.75 Å². The van der Waals surface area contributed by atoms with Crippen molar-refractivity contribution in [2.75, 3.05) is 14.2 Å². The van der Waals surface area contributed by atoms with Crippen molar-refractivity contribution in [1.29, 1.82) is 0 Å². The normalized spacial score (nSPS) is 12.0. The highest BCUT2D eigenvalue weighted by molar-refractivity contribution is 5.72. The number of hydrogen-bond donors (Lipinski definition) is 0. The Kier molecular flexibility index (Phi) is 5.01. The third-order valence-electron chi connectivity index (χ3n) is 2.97. The average molecular weight is 236 g/mol. The zero-order valence-electron chi connectivity index (χ0n) is 10.9. The number of rotatable bonds is 5. The highest BCUT2D eigenvalue weighted by Gasteiger charge is 2.17. The summed E-state index contributed by atoms with van der Waals surface area (Å²) in [4.78, 5) is 11.5. The maximum absolute atomic E-state index is 11.5. The third-order valence-corrected chi connectivity index (χ3v) is 2.97. The summed E-state index contributed by atoms with van der Waals surface area (Å²) in [5.74, 6) is 0.675. The van der Waals surface area contributed by atoms with Crippen molar-refractivity contribution in [2.24, 2.45) is 5.92 Å². The lowest BCUT2D eigenvalue weighted by Crippen LogP contribution is -2.17. The monoisotopic (exact) mass is 236 g/mol. The van der Waals surface area contributed by atoms with Crippen LogP contribution in [0.5, 0.6) is 5.75 Å². The number of methoxy groups -OCH3 is 2. The molecule has 3 heteroatoms. The first-order chi connectivity index (χ1) is 8.12. The van der Waals surface area contributed by atoms with E-state index in [0.29, 0.717) is 6.42 Å². The van der Waals surface area contributed by atoms with Crippen molar-refractivity contribution in [2.45, 2.75) is 26.7 Å². The zero-order valence-corrected chi connectivity index (χ0v) is 10.9. The molecule has 0 heterocycles. The van der Waals surface area contributed by atoms with Gasteiger partial charge >= 0.3 is 5.97 Å². The molecule has 0 aromatic heterocycles. The molecule has 1 atom stereocenters. The van der Waals surface area contributed by atoms with Crippen molar-refractivity contribution in [3.63, 3.8) is 0 Å². The highest BCUT2D eigenvalue weighted by atomic mass is 16.5. The fraction of sp³-hybridized carbons (Fsp3) is 0.500. The van der Waals surface area contributed by atoms with Crippen LogP contribution in [0.4, 0.5) is 0 Å². The molecule has 0 saturated heterocycles. The van der Waals surface area contributed by atoms with Crippen molar-refractivity contribution in [3.05, 3.63) is 29.3 Å². The molecule has 0 saturated carbocycles. The Morgan fingerprint density at radius 1 is 1.35 bits per heavy atom. The van der Waals surface area contributed by atoms with Gasteiger partial charge in [0.1, 0.15) is 5.75 Å². The fourth-order valence-electron chi connectivity index (χ4n) is 1.91. The van der Waals surface area contributed by atoms with Gasteiger partial charge in [-0.15, -0.1) is 0 Å². The van der Waals surface area contributed by atoms with E-state index in [1.807, 2.05) is 26.0 Å². The number of esters is 1. The van der Waals surface area contributed by atoms with E-state index in [-0.39, 0.29) is 11.9 Å². The molecule has 0 spiro atoms. The molecule has 1 rings (SSSR count). The number of aryl methyl sites for hydroxylation is 1. The lowest BCUT2D eigenvalue weighted by molar-refractivity contribution is -0.145. The summed E-state index contributed by atoms with van der Waals surface area (Å²) in [5, 5.41) is 0. The number of ether oxygens (including phenoxy) is 2. The molecule has 0 bridgehead atoms. The highest BCUT2D eigenvalue weighted by Crippen LogP contribution is 2.21. The number of carbonyl (C=O) groups is 1. The molecule has 0 aliphatic rings. The Hall–Kier alpha value is -1.51. The van der Waals surface area contributed by atoms with E-state index in [2.05, 4.69) is 6.07 Å². The summed E-state index contributed by atoms with van der Waals surface area (Å²) in [7, 11) is 3.09. The molecular formula is C14H20O3. The molecule has 1 unspecified atom stereocenters. The van der Waals surface area contributed by atoms with Gasteiger partial charge in [0.25, 0.3) is 0 Å². The smallest absolute Gasteiger partial charge is 0.308 e. The van der Waals surface area contributed by atoms with E-state index in [0.717, 1.165) is 23.3 Å². The Labute approximate surface area is 103 Å². The van der Waals surface area contributed by atoms with Crippen LogP contribution in [0.3, 0.4) is 0 Å². The van der Waals surface area contributed by atoms with Crippen LogP contribution in [-0.4, -0.2) is 20.2 Å². The summed E-state index contributed by atoms with van der Waals surface area (Å²) >= 11 is 0. The first-order valence-electron chi connectivity index (χ1n) is 5.83. The standard InChI is InChI=1S/C14H20O3/c1-5-12(14(15)17-4)9-11-6-7-13(16-3)10(2)8-11/h6-8,12H,5,9H2,1-4H3. The van der Waals surface area contributed by atoms with Gasteiger partial charge in [0, 0.05) is 0 Å². The maximum atomic E-state index is 11.5. The van der Waals surface area contributed by atoms with Gasteiger partial charge in [-0.25, -0.2) is 0 Å². The summed E-state index contributed by atoms with van der Waals surface area (Å²) < 4.78 is 10.00. The van der Waals surface area contributed by atoms with Crippen LogP contribution in [0.25, 0.3) is 0 Å². The Bertz CT molecular complexity index is 385. The topological polar surface area (TPSA) is 35.5 Å². The van der Waals surface area contributed by atoms with Crippen LogP contribution in [-0.2, 0) is 16.0 Å². The Morgan fingerprint density at radius 2 is 2.06 bits per heavy atom. The minimum absolute atomic E-state index is 0.0622. The van der Waals surface area contributed by atoms with E-state index in [1.54, 1.807) is 7.11 Å². The van der Waals surface area contributed by atoms with E-state index in [1.165, 1.54) is 7.11 Å². The van der Waals surface area contributed by atoms with Crippen LogP contribution in [0, 0.1) is 12.8 Å². The molecule has 0 radical (unpaired) electrons. The van der Waals surface area contributed by atoms with Crippen molar-refractivity contribution in [1.82, 2.24) is 0 Å². The van der Waals surface area contributed by atoms with Crippen LogP contribution in [0.1, 0.15) is 24.5 Å². The summed E-state index contributed by atoms with van der Waals surface area (Å²) in [6.45, 7) is 4.00. The molecule has 0 aliphatic carbocycles. The molecule has 0 amide bonds. The van der Waals surface area contributed by atoms with E-state index in [9.17, 15) is 4.79 Å². The van der Waals surface area contributed by atoms with Gasteiger partial charge in [0.2, 0.25) is 0 Å². The predicted octanol–water partition coefficient (Wildman–Crippen LogP) is 2.75. The molecule has 17 heavy (non-hydrogen) atoms. The maximum Gasteiger partial charge on any atom is 0.308 e. The second-order valence-corrected chi connectivity index (χ2v) is 4.14. The van der Waals surface area contributed by atoms with Gasteiger partial charge in [0.15, 0.2) is 0 Å². The predicted molar refractivity (Wildman–Crippen MR) is 67.2 cm³/mol. The second kappa shape index (κ2) is 6.28. The van der Waals surface area contributed by atoms with Crippen LogP contribution in [0.15, 0.2) is 18.2 Å².